The number of nitrogens with zero attached hydrogens (tertiary/aromatic N) is 1. The maximum atomic E-state index is 12.0. The predicted molar refractivity (Wildman–Crippen MR) is 61.9 cm³/mol. The van der Waals surface area contributed by atoms with Crippen LogP contribution in [0.2, 0.25) is 0 Å². The Hall–Kier alpha value is -1.10. The van der Waals surface area contributed by atoms with Crippen molar-refractivity contribution >= 4 is 11.9 Å². The first-order valence-corrected chi connectivity index (χ1v) is 5.37. The van der Waals surface area contributed by atoms with Crippen molar-refractivity contribution in [1.29, 1.82) is 0 Å². The Labute approximate surface area is 96.6 Å². The highest BCUT2D eigenvalue weighted by molar-refractivity contribution is 5.87. The standard InChI is InChI=1S/C11H22N2O3/c1-7(2)8(6-12)9(14)13(5)11(3,4)10(15)16/h7-8H,6,12H2,1-5H3,(H,15,16). The Kier molecular flexibility index (Phi) is 4.93. The van der Waals surface area contributed by atoms with Gasteiger partial charge in [0.15, 0.2) is 0 Å². The Morgan fingerprint density at radius 1 is 1.38 bits per heavy atom. The number of carboxylic acids is 1. The summed E-state index contributed by atoms with van der Waals surface area (Å²) in [5.74, 6) is -1.47. The summed E-state index contributed by atoms with van der Waals surface area (Å²) in [7, 11) is 1.50. The molecule has 0 saturated carbocycles. The van der Waals surface area contributed by atoms with Gasteiger partial charge in [-0.25, -0.2) is 4.79 Å². The molecule has 5 nitrogen and oxygen atoms in total. The summed E-state index contributed by atoms with van der Waals surface area (Å²) >= 11 is 0. The number of amides is 1. The van der Waals surface area contributed by atoms with E-state index in [9.17, 15) is 9.59 Å². The lowest BCUT2D eigenvalue weighted by Gasteiger charge is -2.35. The fourth-order valence-electron chi connectivity index (χ4n) is 1.33. The van der Waals surface area contributed by atoms with Gasteiger partial charge in [0.1, 0.15) is 5.54 Å². The van der Waals surface area contributed by atoms with Gasteiger partial charge in [-0.15, -0.1) is 0 Å². The van der Waals surface area contributed by atoms with Crippen molar-refractivity contribution < 1.29 is 14.7 Å². The van der Waals surface area contributed by atoms with Gasteiger partial charge in [0.2, 0.25) is 5.91 Å². The molecular formula is C11H22N2O3. The van der Waals surface area contributed by atoms with Crippen molar-refractivity contribution in [3.8, 4) is 0 Å². The summed E-state index contributed by atoms with van der Waals surface area (Å²) in [6.45, 7) is 7.03. The van der Waals surface area contributed by atoms with E-state index in [1.807, 2.05) is 13.8 Å². The second-order valence-electron chi connectivity index (χ2n) is 4.85. The van der Waals surface area contributed by atoms with Crippen LogP contribution in [0.25, 0.3) is 0 Å². The summed E-state index contributed by atoms with van der Waals surface area (Å²) in [4.78, 5) is 24.3. The molecule has 0 aromatic heterocycles. The number of hydrogen-bond donors (Lipinski definition) is 2. The maximum Gasteiger partial charge on any atom is 0.329 e. The molecule has 0 aromatic carbocycles. The van der Waals surface area contributed by atoms with E-state index in [2.05, 4.69) is 0 Å². The van der Waals surface area contributed by atoms with Gasteiger partial charge < -0.3 is 15.7 Å². The molecule has 94 valence electrons. The molecule has 0 heterocycles. The zero-order valence-corrected chi connectivity index (χ0v) is 10.7. The van der Waals surface area contributed by atoms with Crippen molar-refractivity contribution in [2.75, 3.05) is 13.6 Å². The molecule has 0 radical (unpaired) electrons. The highest BCUT2D eigenvalue weighted by atomic mass is 16.4. The smallest absolute Gasteiger partial charge is 0.329 e. The highest BCUT2D eigenvalue weighted by Gasteiger charge is 2.38. The third-order valence-electron chi connectivity index (χ3n) is 3.07. The molecule has 0 aliphatic heterocycles. The molecule has 0 fully saturated rings. The number of carboxylic acid groups (broad SMARTS) is 1. The Bertz CT molecular complexity index is 274. The van der Waals surface area contributed by atoms with E-state index in [1.165, 1.54) is 25.8 Å². The molecule has 0 aromatic rings. The number of nitrogens with two attached hydrogens (primary N) is 1. The van der Waals surface area contributed by atoms with Gasteiger partial charge in [0.05, 0.1) is 5.92 Å². The number of hydrogen-bond acceptors (Lipinski definition) is 3. The molecular weight excluding hydrogens is 208 g/mol. The van der Waals surface area contributed by atoms with Crippen LogP contribution in [0.5, 0.6) is 0 Å². The number of rotatable bonds is 5. The minimum absolute atomic E-state index is 0.101. The third kappa shape index (κ3) is 2.95. The molecule has 0 bridgehead atoms. The zero-order chi connectivity index (χ0) is 13.1. The molecule has 16 heavy (non-hydrogen) atoms. The number of aliphatic carboxylic acids is 1. The SMILES string of the molecule is CC(C)C(CN)C(=O)N(C)C(C)(C)C(=O)O. The van der Waals surface area contributed by atoms with Crippen molar-refractivity contribution in [1.82, 2.24) is 4.90 Å². The van der Waals surface area contributed by atoms with E-state index in [0.29, 0.717) is 0 Å². The minimum atomic E-state index is -1.21. The van der Waals surface area contributed by atoms with Crippen LogP contribution in [0.3, 0.4) is 0 Å². The van der Waals surface area contributed by atoms with Crippen LogP contribution >= 0.6 is 0 Å². The molecule has 1 unspecified atom stereocenters. The van der Waals surface area contributed by atoms with Crippen molar-refractivity contribution in [3.63, 3.8) is 0 Å². The molecule has 5 heteroatoms. The topological polar surface area (TPSA) is 83.6 Å². The van der Waals surface area contributed by atoms with Gasteiger partial charge >= 0.3 is 5.97 Å². The molecule has 3 N–H and O–H groups in total. The van der Waals surface area contributed by atoms with Crippen molar-refractivity contribution in [2.45, 2.75) is 33.2 Å². The van der Waals surface area contributed by atoms with Gasteiger partial charge in [0, 0.05) is 13.6 Å². The molecule has 0 aliphatic carbocycles. The van der Waals surface area contributed by atoms with Crippen molar-refractivity contribution in [2.24, 2.45) is 17.6 Å². The van der Waals surface area contributed by atoms with E-state index < -0.39 is 11.5 Å². The Morgan fingerprint density at radius 2 is 1.81 bits per heavy atom. The fraction of sp³-hybridized carbons (Fsp3) is 0.818. The van der Waals surface area contributed by atoms with E-state index in [-0.39, 0.29) is 24.3 Å². The van der Waals surface area contributed by atoms with Crippen LogP contribution < -0.4 is 5.73 Å². The summed E-state index contributed by atoms with van der Waals surface area (Å²) in [5, 5.41) is 9.03. The van der Waals surface area contributed by atoms with E-state index in [4.69, 9.17) is 10.8 Å². The molecule has 0 rings (SSSR count). The number of likely N-dealkylation sites (N-methyl/N-ethyl adjacent to an activating group) is 1. The molecule has 1 amide bonds. The predicted octanol–water partition coefficient (Wildman–Crippen LogP) is 0.539. The van der Waals surface area contributed by atoms with Crippen LogP contribution in [-0.4, -0.2) is 41.0 Å². The third-order valence-corrected chi connectivity index (χ3v) is 3.07. The Morgan fingerprint density at radius 3 is 2.06 bits per heavy atom. The van der Waals surface area contributed by atoms with Gasteiger partial charge in [-0.3, -0.25) is 4.79 Å². The first-order valence-electron chi connectivity index (χ1n) is 5.37. The summed E-state index contributed by atoms with van der Waals surface area (Å²) in [6.07, 6.45) is 0. The summed E-state index contributed by atoms with van der Waals surface area (Å²) in [5.41, 5.74) is 4.33. The lowest BCUT2D eigenvalue weighted by molar-refractivity contribution is -0.157. The Balaban J connectivity index is 4.92. The van der Waals surface area contributed by atoms with Crippen molar-refractivity contribution in [3.05, 3.63) is 0 Å². The van der Waals surface area contributed by atoms with Gasteiger partial charge in [-0.1, -0.05) is 13.8 Å². The lowest BCUT2D eigenvalue weighted by Crippen LogP contribution is -2.54. The van der Waals surface area contributed by atoms with Crippen LogP contribution in [0.4, 0.5) is 0 Å². The maximum absolute atomic E-state index is 12.0. The quantitative estimate of drug-likeness (QED) is 0.722. The van der Waals surface area contributed by atoms with Gasteiger partial charge in [-0.2, -0.15) is 0 Å². The molecule has 0 spiro atoms. The van der Waals surface area contributed by atoms with Gasteiger partial charge in [0.25, 0.3) is 0 Å². The second-order valence-corrected chi connectivity index (χ2v) is 4.85. The molecule has 0 aliphatic rings. The van der Waals surface area contributed by atoms with E-state index in [0.717, 1.165) is 0 Å². The normalized spacial score (nSPS) is 13.7. The number of carbonyl (C=O) groups excluding carboxylic acids is 1. The summed E-state index contributed by atoms with van der Waals surface area (Å²) in [6, 6.07) is 0. The average molecular weight is 230 g/mol. The van der Waals surface area contributed by atoms with Crippen LogP contribution in [0, 0.1) is 11.8 Å². The zero-order valence-electron chi connectivity index (χ0n) is 10.7. The van der Waals surface area contributed by atoms with Crippen LogP contribution in [0.15, 0.2) is 0 Å². The first-order chi connectivity index (χ1) is 7.16. The van der Waals surface area contributed by atoms with E-state index >= 15 is 0 Å². The molecule has 1 atom stereocenters. The lowest BCUT2D eigenvalue weighted by atomic mass is 9.92. The summed E-state index contributed by atoms with van der Waals surface area (Å²) < 4.78 is 0. The highest BCUT2D eigenvalue weighted by Crippen LogP contribution is 2.19. The number of carbonyl (C=O) groups is 2. The second kappa shape index (κ2) is 5.30. The van der Waals surface area contributed by atoms with Gasteiger partial charge in [-0.05, 0) is 19.8 Å². The monoisotopic (exact) mass is 230 g/mol. The first kappa shape index (κ1) is 14.9. The van der Waals surface area contributed by atoms with Crippen LogP contribution in [-0.2, 0) is 9.59 Å². The van der Waals surface area contributed by atoms with Crippen LogP contribution in [0.1, 0.15) is 27.7 Å². The molecule has 0 saturated heterocycles. The fourth-order valence-corrected chi connectivity index (χ4v) is 1.33. The average Bonchev–Trinajstić information content (AvgIpc) is 2.16. The van der Waals surface area contributed by atoms with E-state index in [1.54, 1.807) is 0 Å². The minimum Gasteiger partial charge on any atom is -0.480 e. The largest absolute Gasteiger partial charge is 0.480 e.